The van der Waals surface area contributed by atoms with Crippen LogP contribution in [0.15, 0.2) is 0 Å². The molecule has 1 aliphatic heterocycles. The molecule has 0 saturated carbocycles. The Morgan fingerprint density at radius 3 is 2.53 bits per heavy atom. The fraction of sp³-hybridized carbons (Fsp3) is 0.933. The van der Waals surface area contributed by atoms with Crippen LogP contribution in [0, 0.1) is 5.41 Å². The first-order chi connectivity index (χ1) is 8.98. The Balaban J connectivity index is 2.69. The molecule has 1 aliphatic rings. The van der Waals surface area contributed by atoms with Gasteiger partial charge in [0.2, 0.25) is 5.91 Å². The van der Waals surface area contributed by atoms with Crippen molar-refractivity contribution in [2.75, 3.05) is 19.7 Å². The Kier molecular flexibility index (Phi) is 6.27. The molecular weight excluding hydrogens is 240 g/mol. The van der Waals surface area contributed by atoms with E-state index in [2.05, 4.69) is 33.0 Å². The summed E-state index contributed by atoms with van der Waals surface area (Å²) in [7, 11) is 0. The maximum absolute atomic E-state index is 12.5. The average Bonchev–Trinajstić information content (AvgIpc) is 2.40. The predicted molar refractivity (Wildman–Crippen MR) is 78.0 cm³/mol. The van der Waals surface area contributed by atoms with Crippen LogP contribution >= 0.6 is 0 Å². The van der Waals surface area contributed by atoms with Gasteiger partial charge >= 0.3 is 0 Å². The molecule has 1 unspecified atom stereocenters. The minimum atomic E-state index is -0.130. The van der Waals surface area contributed by atoms with E-state index in [9.17, 15) is 9.90 Å². The van der Waals surface area contributed by atoms with Crippen LogP contribution in [0.1, 0.15) is 53.4 Å². The van der Waals surface area contributed by atoms with Gasteiger partial charge in [0.25, 0.3) is 0 Å². The van der Waals surface area contributed by atoms with Crippen LogP contribution in [0.25, 0.3) is 0 Å². The van der Waals surface area contributed by atoms with Crippen molar-refractivity contribution in [3.63, 3.8) is 0 Å². The largest absolute Gasteiger partial charge is 0.396 e. The molecule has 0 aromatic heterocycles. The SMILES string of the molecule is CCC(CC)(CO)CN1CCCC(NC(C)C)C1=O. The maximum Gasteiger partial charge on any atom is 0.239 e. The minimum absolute atomic E-state index is 0.0427. The molecule has 2 N–H and O–H groups in total. The molecule has 4 heteroatoms. The Morgan fingerprint density at radius 2 is 2.05 bits per heavy atom. The van der Waals surface area contributed by atoms with Crippen LogP contribution in [0.4, 0.5) is 0 Å². The van der Waals surface area contributed by atoms with Gasteiger partial charge in [-0.15, -0.1) is 0 Å². The van der Waals surface area contributed by atoms with Crippen molar-refractivity contribution in [1.82, 2.24) is 10.2 Å². The summed E-state index contributed by atoms with van der Waals surface area (Å²) in [6.07, 6.45) is 3.79. The van der Waals surface area contributed by atoms with E-state index in [1.54, 1.807) is 0 Å². The van der Waals surface area contributed by atoms with Crippen LogP contribution in [0.5, 0.6) is 0 Å². The number of nitrogens with one attached hydrogen (secondary N) is 1. The van der Waals surface area contributed by atoms with Gasteiger partial charge in [0.15, 0.2) is 0 Å². The second-order valence-electron chi connectivity index (χ2n) is 6.14. The fourth-order valence-corrected chi connectivity index (χ4v) is 2.81. The zero-order valence-electron chi connectivity index (χ0n) is 12.9. The van der Waals surface area contributed by atoms with E-state index in [1.165, 1.54) is 0 Å². The first-order valence-corrected chi connectivity index (χ1v) is 7.63. The van der Waals surface area contributed by atoms with Gasteiger partial charge < -0.3 is 15.3 Å². The van der Waals surface area contributed by atoms with Gasteiger partial charge in [-0.25, -0.2) is 0 Å². The molecule has 19 heavy (non-hydrogen) atoms. The second kappa shape index (κ2) is 7.25. The van der Waals surface area contributed by atoms with Crippen LogP contribution in [0.2, 0.25) is 0 Å². The van der Waals surface area contributed by atoms with Crippen molar-refractivity contribution in [1.29, 1.82) is 0 Å². The van der Waals surface area contributed by atoms with Crippen LogP contribution < -0.4 is 5.32 Å². The number of aliphatic hydroxyl groups excluding tert-OH is 1. The minimum Gasteiger partial charge on any atom is -0.396 e. The second-order valence-corrected chi connectivity index (χ2v) is 6.14. The molecule has 1 saturated heterocycles. The lowest BCUT2D eigenvalue weighted by Gasteiger charge is -2.40. The van der Waals surface area contributed by atoms with E-state index in [0.29, 0.717) is 12.6 Å². The Morgan fingerprint density at radius 1 is 1.42 bits per heavy atom. The molecule has 0 aromatic rings. The Hall–Kier alpha value is -0.610. The van der Waals surface area contributed by atoms with Gasteiger partial charge in [-0.2, -0.15) is 0 Å². The summed E-state index contributed by atoms with van der Waals surface area (Å²) in [4.78, 5) is 14.4. The number of amides is 1. The lowest BCUT2D eigenvalue weighted by atomic mass is 9.82. The molecule has 1 fully saturated rings. The van der Waals surface area contributed by atoms with Crippen molar-refractivity contribution in [3.8, 4) is 0 Å². The monoisotopic (exact) mass is 270 g/mol. The molecule has 1 rings (SSSR count). The summed E-state index contributed by atoms with van der Waals surface area (Å²) in [6, 6.07) is 0.285. The number of nitrogens with zero attached hydrogens (tertiary/aromatic N) is 1. The molecule has 1 amide bonds. The lowest BCUT2D eigenvalue weighted by molar-refractivity contribution is -0.138. The van der Waals surface area contributed by atoms with Gasteiger partial charge in [-0.05, 0) is 25.7 Å². The molecule has 0 aliphatic carbocycles. The summed E-state index contributed by atoms with van der Waals surface area (Å²) >= 11 is 0. The average molecular weight is 270 g/mol. The highest BCUT2D eigenvalue weighted by molar-refractivity contribution is 5.82. The number of carbonyl (C=O) groups is 1. The highest BCUT2D eigenvalue weighted by Crippen LogP contribution is 2.28. The molecule has 0 aromatic carbocycles. The Labute approximate surface area is 117 Å². The predicted octanol–water partition coefficient (Wildman–Crippen LogP) is 1.77. The third-order valence-corrected chi connectivity index (χ3v) is 4.43. The highest BCUT2D eigenvalue weighted by Gasteiger charge is 2.35. The fourth-order valence-electron chi connectivity index (χ4n) is 2.81. The zero-order valence-corrected chi connectivity index (χ0v) is 12.9. The molecule has 1 heterocycles. The molecule has 1 atom stereocenters. The number of rotatable bonds is 7. The van der Waals surface area contributed by atoms with E-state index in [-0.39, 0.29) is 24.0 Å². The lowest BCUT2D eigenvalue weighted by Crippen LogP contribution is -2.55. The van der Waals surface area contributed by atoms with Gasteiger partial charge in [0, 0.05) is 24.5 Å². The standard InChI is InChI=1S/C15H30N2O2/c1-5-15(6-2,11-18)10-17-9-7-8-13(14(17)19)16-12(3)4/h12-13,16,18H,5-11H2,1-4H3. The number of piperidine rings is 1. The molecule has 112 valence electrons. The third-order valence-electron chi connectivity index (χ3n) is 4.43. The van der Waals surface area contributed by atoms with E-state index in [0.717, 1.165) is 32.2 Å². The van der Waals surface area contributed by atoms with E-state index in [1.807, 2.05) is 4.90 Å². The maximum atomic E-state index is 12.5. The van der Waals surface area contributed by atoms with Crippen LogP contribution in [-0.4, -0.2) is 47.7 Å². The first-order valence-electron chi connectivity index (χ1n) is 7.63. The molecule has 0 spiro atoms. The molecule has 0 bridgehead atoms. The number of hydrogen-bond donors (Lipinski definition) is 2. The van der Waals surface area contributed by atoms with Crippen molar-refractivity contribution in [2.45, 2.75) is 65.5 Å². The molecule has 4 nitrogen and oxygen atoms in total. The number of aliphatic hydroxyl groups is 1. The number of likely N-dealkylation sites (tertiary alicyclic amines) is 1. The summed E-state index contributed by atoms with van der Waals surface area (Å²) in [6.45, 7) is 10.0. The molecule has 0 radical (unpaired) electrons. The number of hydrogen-bond acceptors (Lipinski definition) is 3. The van der Waals surface area contributed by atoms with Crippen molar-refractivity contribution < 1.29 is 9.90 Å². The van der Waals surface area contributed by atoms with E-state index < -0.39 is 0 Å². The smallest absolute Gasteiger partial charge is 0.239 e. The quantitative estimate of drug-likeness (QED) is 0.741. The van der Waals surface area contributed by atoms with E-state index >= 15 is 0 Å². The van der Waals surface area contributed by atoms with Crippen LogP contribution in [0.3, 0.4) is 0 Å². The van der Waals surface area contributed by atoms with Gasteiger partial charge in [0.1, 0.15) is 0 Å². The first kappa shape index (κ1) is 16.4. The topological polar surface area (TPSA) is 52.6 Å². The summed E-state index contributed by atoms with van der Waals surface area (Å²) in [5.74, 6) is 0.208. The zero-order chi connectivity index (χ0) is 14.5. The third kappa shape index (κ3) is 4.18. The normalized spacial score (nSPS) is 21.3. The van der Waals surface area contributed by atoms with Crippen molar-refractivity contribution >= 4 is 5.91 Å². The van der Waals surface area contributed by atoms with Gasteiger partial charge in [0.05, 0.1) is 12.6 Å². The summed E-state index contributed by atoms with van der Waals surface area (Å²) < 4.78 is 0. The van der Waals surface area contributed by atoms with Crippen molar-refractivity contribution in [2.24, 2.45) is 5.41 Å². The van der Waals surface area contributed by atoms with Gasteiger partial charge in [-0.3, -0.25) is 4.79 Å². The Bertz CT molecular complexity index is 280. The highest BCUT2D eigenvalue weighted by atomic mass is 16.3. The van der Waals surface area contributed by atoms with E-state index in [4.69, 9.17) is 0 Å². The van der Waals surface area contributed by atoms with Crippen LogP contribution in [-0.2, 0) is 4.79 Å². The summed E-state index contributed by atoms with van der Waals surface area (Å²) in [5, 5.41) is 13.0. The summed E-state index contributed by atoms with van der Waals surface area (Å²) in [5.41, 5.74) is -0.130. The molecular formula is C15H30N2O2. The van der Waals surface area contributed by atoms with Crippen molar-refractivity contribution in [3.05, 3.63) is 0 Å². The van der Waals surface area contributed by atoms with Gasteiger partial charge in [-0.1, -0.05) is 27.7 Å². The number of carbonyl (C=O) groups excluding carboxylic acids is 1.